The third kappa shape index (κ3) is 1.73. The van der Waals surface area contributed by atoms with E-state index in [9.17, 15) is 0 Å². The number of nitrogens with zero attached hydrogens (tertiary/aromatic N) is 2. The van der Waals surface area contributed by atoms with Crippen LogP contribution < -0.4 is 0 Å². The zero-order chi connectivity index (χ0) is 11.2. The third-order valence-electron chi connectivity index (χ3n) is 4.56. The molecule has 2 bridgehead atoms. The minimum Gasteiger partial charge on any atom is -0.451 e. The summed E-state index contributed by atoms with van der Waals surface area (Å²) in [5, 5.41) is 0. The predicted molar refractivity (Wildman–Crippen MR) is 64.4 cm³/mol. The molecule has 0 aromatic carbocycles. The Bertz CT molecular complexity index is 427. The number of oxazole rings is 1. The zero-order valence-electron chi connectivity index (χ0n) is 10.1. The topological polar surface area (TPSA) is 29.3 Å². The monoisotopic (exact) mass is 230 g/mol. The molecule has 0 spiro atoms. The molecule has 2 saturated heterocycles. The SMILES string of the molecule is c1nc(CN2C3CCC2CC(=C2CC2)C3)co1. The maximum atomic E-state index is 5.07. The number of allylic oxidation sites excluding steroid dienone is 1. The van der Waals surface area contributed by atoms with Gasteiger partial charge in [0.2, 0.25) is 0 Å². The Kier molecular flexibility index (Phi) is 2.15. The van der Waals surface area contributed by atoms with Gasteiger partial charge in [-0.15, -0.1) is 0 Å². The van der Waals surface area contributed by atoms with Crippen molar-refractivity contribution in [3.8, 4) is 0 Å². The average molecular weight is 230 g/mol. The van der Waals surface area contributed by atoms with E-state index in [0.717, 1.165) is 24.3 Å². The number of fused-ring (bicyclic) bond motifs is 2. The summed E-state index contributed by atoms with van der Waals surface area (Å²) in [5.74, 6) is 0. The van der Waals surface area contributed by atoms with Crippen LogP contribution in [0, 0.1) is 0 Å². The van der Waals surface area contributed by atoms with E-state index < -0.39 is 0 Å². The molecule has 2 unspecified atom stereocenters. The fraction of sp³-hybridized carbons (Fsp3) is 0.643. The summed E-state index contributed by atoms with van der Waals surface area (Å²) in [6.45, 7) is 0.981. The molecular weight excluding hydrogens is 212 g/mol. The number of aromatic nitrogens is 1. The van der Waals surface area contributed by atoms with Crippen LogP contribution in [0.5, 0.6) is 0 Å². The van der Waals surface area contributed by atoms with Gasteiger partial charge in [-0.2, -0.15) is 0 Å². The largest absolute Gasteiger partial charge is 0.451 e. The molecule has 1 aromatic heterocycles. The lowest BCUT2D eigenvalue weighted by molar-refractivity contribution is 0.155. The maximum Gasteiger partial charge on any atom is 0.180 e. The van der Waals surface area contributed by atoms with Crippen LogP contribution in [-0.2, 0) is 6.54 Å². The van der Waals surface area contributed by atoms with Crippen LogP contribution >= 0.6 is 0 Å². The molecular formula is C14H18N2O. The Hall–Kier alpha value is -1.09. The average Bonchev–Trinajstić information content (AvgIpc) is 3.02. The summed E-state index contributed by atoms with van der Waals surface area (Å²) in [7, 11) is 0. The Balaban J connectivity index is 1.53. The molecule has 1 saturated carbocycles. The minimum absolute atomic E-state index is 0.772. The van der Waals surface area contributed by atoms with E-state index >= 15 is 0 Å². The molecule has 2 atom stereocenters. The van der Waals surface area contributed by atoms with Crippen LogP contribution in [0.1, 0.15) is 44.2 Å². The number of hydrogen-bond donors (Lipinski definition) is 0. The van der Waals surface area contributed by atoms with Gasteiger partial charge in [0.1, 0.15) is 6.26 Å². The molecule has 0 N–H and O–H groups in total. The molecule has 0 amide bonds. The van der Waals surface area contributed by atoms with Crippen molar-refractivity contribution in [2.75, 3.05) is 0 Å². The van der Waals surface area contributed by atoms with Crippen LogP contribution in [-0.4, -0.2) is 22.0 Å². The van der Waals surface area contributed by atoms with Crippen molar-refractivity contribution in [3.05, 3.63) is 29.5 Å². The van der Waals surface area contributed by atoms with Gasteiger partial charge in [0.15, 0.2) is 6.39 Å². The molecule has 0 radical (unpaired) electrons. The molecule has 3 heteroatoms. The first kappa shape index (κ1) is 9.89. The molecule has 17 heavy (non-hydrogen) atoms. The lowest BCUT2D eigenvalue weighted by Crippen LogP contribution is -2.39. The van der Waals surface area contributed by atoms with Gasteiger partial charge in [-0.1, -0.05) is 11.1 Å². The first-order valence-electron chi connectivity index (χ1n) is 6.73. The van der Waals surface area contributed by atoms with E-state index in [4.69, 9.17) is 4.42 Å². The smallest absolute Gasteiger partial charge is 0.180 e. The second-order valence-corrected chi connectivity index (χ2v) is 5.65. The molecule has 3 heterocycles. The van der Waals surface area contributed by atoms with Gasteiger partial charge in [-0.25, -0.2) is 4.98 Å². The number of rotatable bonds is 2. The lowest BCUT2D eigenvalue weighted by atomic mass is 9.95. The van der Waals surface area contributed by atoms with Crippen LogP contribution in [0.3, 0.4) is 0 Å². The summed E-state index contributed by atoms with van der Waals surface area (Å²) < 4.78 is 5.07. The Morgan fingerprint density at radius 3 is 2.53 bits per heavy atom. The van der Waals surface area contributed by atoms with Crippen molar-refractivity contribution in [3.63, 3.8) is 0 Å². The second kappa shape index (κ2) is 3.70. The van der Waals surface area contributed by atoms with Gasteiger partial charge >= 0.3 is 0 Å². The molecule has 1 aliphatic carbocycles. The van der Waals surface area contributed by atoms with Gasteiger partial charge in [0.25, 0.3) is 0 Å². The van der Waals surface area contributed by atoms with Crippen molar-refractivity contribution in [1.82, 2.24) is 9.88 Å². The van der Waals surface area contributed by atoms with E-state index in [1.54, 1.807) is 23.8 Å². The lowest BCUT2D eigenvalue weighted by Gasteiger charge is -2.35. The molecule has 3 fully saturated rings. The van der Waals surface area contributed by atoms with E-state index in [-0.39, 0.29) is 0 Å². The third-order valence-corrected chi connectivity index (χ3v) is 4.56. The first-order valence-corrected chi connectivity index (χ1v) is 6.73. The highest BCUT2D eigenvalue weighted by molar-refractivity contribution is 5.29. The van der Waals surface area contributed by atoms with E-state index in [0.29, 0.717) is 0 Å². The highest BCUT2D eigenvalue weighted by atomic mass is 16.3. The van der Waals surface area contributed by atoms with Crippen molar-refractivity contribution < 1.29 is 4.42 Å². The normalized spacial score (nSPS) is 32.2. The quantitative estimate of drug-likeness (QED) is 0.732. The highest BCUT2D eigenvalue weighted by Crippen LogP contribution is 2.44. The fourth-order valence-electron chi connectivity index (χ4n) is 3.57. The van der Waals surface area contributed by atoms with E-state index in [1.165, 1.54) is 38.5 Å². The van der Waals surface area contributed by atoms with Crippen LogP contribution in [0.4, 0.5) is 0 Å². The second-order valence-electron chi connectivity index (χ2n) is 5.65. The van der Waals surface area contributed by atoms with E-state index in [1.807, 2.05) is 0 Å². The van der Waals surface area contributed by atoms with Crippen LogP contribution in [0.15, 0.2) is 28.2 Å². The Morgan fingerprint density at radius 1 is 1.18 bits per heavy atom. The van der Waals surface area contributed by atoms with Gasteiger partial charge in [0, 0.05) is 18.6 Å². The summed E-state index contributed by atoms with van der Waals surface area (Å²) >= 11 is 0. The van der Waals surface area contributed by atoms with Crippen molar-refractivity contribution >= 4 is 0 Å². The van der Waals surface area contributed by atoms with Crippen molar-refractivity contribution in [1.29, 1.82) is 0 Å². The molecule has 4 rings (SSSR count). The molecule has 3 nitrogen and oxygen atoms in total. The van der Waals surface area contributed by atoms with E-state index in [2.05, 4.69) is 9.88 Å². The Labute approximate surface area is 102 Å². The predicted octanol–water partition coefficient (Wildman–Crippen LogP) is 2.89. The van der Waals surface area contributed by atoms with Gasteiger partial charge in [-0.3, -0.25) is 4.90 Å². The van der Waals surface area contributed by atoms with Crippen molar-refractivity contribution in [2.24, 2.45) is 0 Å². The summed E-state index contributed by atoms with van der Waals surface area (Å²) in [4.78, 5) is 6.91. The minimum atomic E-state index is 0.772. The van der Waals surface area contributed by atoms with Crippen molar-refractivity contribution in [2.45, 2.75) is 57.2 Å². The highest BCUT2D eigenvalue weighted by Gasteiger charge is 2.40. The first-order chi connectivity index (χ1) is 8.40. The van der Waals surface area contributed by atoms with Crippen LogP contribution in [0.25, 0.3) is 0 Å². The number of piperidine rings is 1. The molecule has 90 valence electrons. The summed E-state index contributed by atoms with van der Waals surface area (Å²) in [6, 6.07) is 1.54. The van der Waals surface area contributed by atoms with Crippen LogP contribution in [0.2, 0.25) is 0 Å². The van der Waals surface area contributed by atoms with Gasteiger partial charge in [-0.05, 0) is 38.5 Å². The standard InChI is InChI=1S/C14H18N2O/c1-2-10(1)11-5-13-3-4-14(6-11)16(13)7-12-8-17-9-15-12/h8-9,13-14H,1-7H2. The molecule has 1 aromatic rings. The zero-order valence-corrected chi connectivity index (χ0v) is 10.1. The fourth-order valence-corrected chi connectivity index (χ4v) is 3.57. The van der Waals surface area contributed by atoms with Gasteiger partial charge < -0.3 is 4.42 Å². The number of hydrogen-bond acceptors (Lipinski definition) is 3. The van der Waals surface area contributed by atoms with Gasteiger partial charge in [0.05, 0.1) is 5.69 Å². The molecule has 3 aliphatic rings. The molecule has 2 aliphatic heterocycles. The summed E-state index contributed by atoms with van der Waals surface area (Å²) in [5.41, 5.74) is 4.67. The Morgan fingerprint density at radius 2 is 1.94 bits per heavy atom. The maximum absolute atomic E-state index is 5.07. The summed E-state index contributed by atoms with van der Waals surface area (Å²) in [6.07, 6.45) is 11.5.